The van der Waals surface area contributed by atoms with Crippen molar-refractivity contribution >= 4 is 18.2 Å². The second kappa shape index (κ2) is 6.37. The molecule has 8 nitrogen and oxygen atoms in total. The van der Waals surface area contributed by atoms with E-state index < -0.39 is 11.6 Å². The summed E-state index contributed by atoms with van der Waals surface area (Å²) in [5.41, 5.74) is 1.92. The van der Waals surface area contributed by atoms with Crippen LogP contribution in [0.25, 0.3) is 5.82 Å². The van der Waals surface area contributed by atoms with E-state index in [0.717, 1.165) is 47.0 Å². The maximum absolute atomic E-state index is 12.8. The summed E-state index contributed by atoms with van der Waals surface area (Å²) in [5, 5.41) is 12.1. The minimum atomic E-state index is -0.762. The van der Waals surface area contributed by atoms with Crippen molar-refractivity contribution < 1.29 is 14.1 Å². The first-order valence-corrected chi connectivity index (χ1v) is 9.25. The van der Waals surface area contributed by atoms with Gasteiger partial charge in [0, 0.05) is 23.0 Å². The van der Waals surface area contributed by atoms with Gasteiger partial charge in [-0.25, -0.2) is 4.79 Å². The number of rotatable bonds is 3. The highest BCUT2D eigenvalue weighted by Crippen LogP contribution is 2.33. The van der Waals surface area contributed by atoms with Gasteiger partial charge in [-0.05, 0) is 39.7 Å². The highest BCUT2D eigenvalue weighted by atomic mass is 16.5. The third-order valence-electron chi connectivity index (χ3n) is 5.47. The number of imide groups is 1. The van der Waals surface area contributed by atoms with Crippen LogP contribution < -0.4 is 5.32 Å². The van der Waals surface area contributed by atoms with E-state index in [1.54, 1.807) is 6.21 Å². The molecule has 1 spiro atoms. The van der Waals surface area contributed by atoms with Gasteiger partial charge in [0.2, 0.25) is 0 Å². The van der Waals surface area contributed by atoms with Gasteiger partial charge in [0.25, 0.3) is 5.91 Å². The summed E-state index contributed by atoms with van der Waals surface area (Å²) >= 11 is 0. The Bertz CT molecular complexity index is 933. The Balaban J connectivity index is 1.60. The fraction of sp³-hybridized carbons (Fsp3) is 0.474. The van der Waals surface area contributed by atoms with Crippen LogP contribution in [-0.2, 0) is 4.79 Å². The smallest absolute Gasteiger partial charge is 0.346 e. The molecule has 4 rings (SSSR count). The van der Waals surface area contributed by atoms with Crippen molar-refractivity contribution in [3.8, 4) is 5.82 Å². The Morgan fingerprint density at radius 3 is 2.59 bits per heavy atom. The van der Waals surface area contributed by atoms with Crippen molar-refractivity contribution in [2.75, 3.05) is 0 Å². The van der Waals surface area contributed by atoms with Crippen LogP contribution in [0.4, 0.5) is 4.79 Å². The van der Waals surface area contributed by atoms with Gasteiger partial charge < -0.3 is 9.84 Å². The lowest BCUT2D eigenvalue weighted by atomic mass is 9.82. The van der Waals surface area contributed by atoms with Crippen molar-refractivity contribution in [2.45, 2.75) is 58.4 Å². The minimum Gasteiger partial charge on any atom is -0.360 e. The zero-order chi connectivity index (χ0) is 19.2. The molecular formula is C19H23N5O3. The summed E-state index contributed by atoms with van der Waals surface area (Å²) in [7, 11) is 0. The fourth-order valence-corrected chi connectivity index (χ4v) is 4.05. The van der Waals surface area contributed by atoms with Gasteiger partial charge in [-0.3, -0.25) is 9.36 Å². The molecule has 8 heteroatoms. The van der Waals surface area contributed by atoms with Crippen LogP contribution in [0.15, 0.2) is 21.8 Å². The van der Waals surface area contributed by atoms with Crippen molar-refractivity contribution in [3.05, 3.63) is 34.8 Å². The molecule has 1 aliphatic heterocycles. The summed E-state index contributed by atoms with van der Waals surface area (Å²) in [6, 6.07) is 3.35. The van der Waals surface area contributed by atoms with Gasteiger partial charge in [0.15, 0.2) is 5.82 Å². The number of aryl methyl sites for hydroxylation is 2. The van der Waals surface area contributed by atoms with Crippen molar-refractivity contribution in [2.24, 2.45) is 5.10 Å². The van der Waals surface area contributed by atoms with Crippen LogP contribution in [-0.4, -0.2) is 38.4 Å². The third kappa shape index (κ3) is 2.85. The number of hydrogen-bond donors (Lipinski definition) is 1. The van der Waals surface area contributed by atoms with Crippen LogP contribution in [0.2, 0.25) is 0 Å². The summed E-state index contributed by atoms with van der Waals surface area (Å²) in [6.45, 7) is 5.73. The van der Waals surface area contributed by atoms with Crippen molar-refractivity contribution in [1.29, 1.82) is 0 Å². The Morgan fingerprint density at radius 1 is 1.19 bits per heavy atom. The molecule has 1 saturated carbocycles. The molecule has 2 fully saturated rings. The fourth-order valence-electron chi connectivity index (χ4n) is 4.05. The van der Waals surface area contributed by atoms with E-state index >= 15 is 0 Å². The quantitative estimate of drug-likeness (QED) is 0.665. The normalized spacial score (nSPS) is 19.4. The van der Waals surface area contributed by atoms with Crippen LogP contribution >= 0.6 is 0 Å². The molecule has 1 N–H and O–H groups in total. The highest BCUT2D eigenvalue weighted by Gasteiger charge is 2.51. The van der Waals surface area contributed by atoms with Crippen molar-refractivity contribution in [3.63, 3.8) is 0 Å². The van der Waals surface area contributed by atoms with E-state index in [0.29, 0.717) is 18.7 Å². The third-order valence-corrected chi connectivity index (χ3v) is 5.47. The molecule has 0 unspecified atom stereocenters. The molecule has 3 amide bonds. The summed E-state index contributed by atoms with van der Waals surface area (Å²) in [6.07, 6.45) is 5.92. The molecule has 0 radical (unpaired) electrons. The van der Waals surface area contributed by atoms with Gasteiger partial charge in [-0.2, -0.15) is 5.10 Å². The average molecular weight is 369 g/mol. The van der Waals surface area contributed by atoms with Gasteiger partial charge in [-0.15, -0.1) is 5.01 Å². The average Bonchev–Trinajstić information content (AvgIpc) is 3.24. The zero-order valence-corrected chi connectivity index (χ0v) is 15.8. The van der Waals surface area contributed by atoms with E-state index in [4.69, 9.17) is 4.52 Å². The van der Waals surface area contributed by atoms with Crippen LogP contribution in [0.5, 0.6) is 0 Å². The number of hydrazone groups is 1. The maximum atomic E-state index is 12.8. The standard InChI is InChI=1S/C19H23N5O3/c1-12-9-15(14(3)23(12)16-10-13(2)27-22-16)11-20-24-17(25)19(21-18(24)26)7-5-4-6-8-19/h9-11H,4-8H2,1-3H3,(H,21,26)/b20-11-. The topological polar surface area (TPSA) is 92.7 Å². The molecule has 0 bridgehead atoms. The number of aromatic nitrogens is 2. The first kappa shape index (κ1) is 17.5. The predicted molar refractivity (Wildman–Crippen MR) is 98.8 cm³/mol. The summed E-state index contributed by atoms with van der Waals surface area (Å²) < 4.78 is 7.11. The van der Waals surface area contributed by atoms with Gasteiger partial charge in [0.1, 0.15) is 11.3 Å². The first-order valence-electron chi connectivity index (χ1n) is 9.25. The molecule has 2 aliphatic rings. The molecule has 1 saturated heterocycles. The van der Waals surface area contributed by atoms with Crippen molar-refractivity contribution in [1.82, 2.24) is 20.0 Å². The molecule has 27 heavy (non-hydrogen) atoms. The summed E-state index contributed by atoms with van der Waals surface area (Å²) in [4.78, 5) is 25.1. The van der Waals surface area contributed by atoms with Crippen LogP contribution in [0.3, 0.4) is 0 Å². The Morgan fingerprint density at radius 2 is 1.93 bits per heavy atom. The summed E-state index contributed by atoms with van der Waals surface area (Å²) in [5.74, 6) is 1.17. The largest absolute Gasteiger partial charge is 0.360 e. The molecule has 142 valence electrons. The number of carbonyl (C=O) groups is 2. The molecular weight excluding hydrogens is 346 g/mol. The molecule has 2 aromatic heterocycles. The second-order valence-electron chi connectivity index (χ2n) is 7.39. The Hall–Kier alpha value is -2.90. The first-order chi connectivity index (χ1) is 12.9. The number of urea groups is 1. The number of nitrogens with one attached hydrogen (secondary N) is 1. The predicted octanol–water partition coefficient (Wildman–Crippen LogP) is 2.98. The number of amides is 3. The van der Waals surface area contributed by atoms with E-state index in [9.17, 15) is 9.59 Å². The number of nitrogens with zero attached hydrogens (tertiary/aromatic N) is 4. The zero-order valence-electron chi connectivity index (χ0n) is 15.8. The number of hydrogen-bond acceptors (Lipinski definition) is 5. The Labute approximate surface area is 157 Å². The number of carbonyl (C=O) groups excluding carboxylic acids is 2. The molecule has 0 aromatic carbocycles. The molecule has 3 heterocycles. The highest BCUT2D eigenvalue weighted by molar-refractivity contribution is 6.07. The van der Waals surface area contributed by atoms with Gasteiger partial charge in [0.05, 0.1) is 6.21 Å². The van der Waals surface area contributed by atoms with E-state index in [1.807, 2.05) is 37.5 Å². The van der Waals surface area contributed by atoms with Crippen LogP contribution in [0.1, 0.15) is 54.8 Å². The lowest BCUT2D eigenvalue weighted by Crippen LogP contribution is -2.48. The second-order valence-corrected chi connectivity index (χ2v) is 7.39. The molecule has 1 aliphatic carbocycles. The van der Waals surface area contributed by atoms with Gasteiger partial charge >= 0.3 is 6.03 Å². The Kier molecular flexibility index (Phi) is 4.13. The molecule has 0 atom stereocenters. The maximum Gasteiger partial charge on any atom is 0.346 e. The molecule has 2 aromatic rings. The van der Waals surface area contributed by atoms with E-state index in [-0.39, 0.29) is 5.91 Å². The van der Waals surface area contributed by atoms with Crippen LogP contribution in [0, 0.1) is 20.8 Å². The lowest BCUT2D eigenvalue weighted by molar-refractivity contribution is -0.132. The van der Waals surface area contributed by atoms with E-state index in [1.165, 1.54) is 0 Å². The lowest BCUT2D eigenvalue weighted by Gasteiger charge is -2.29. The SMILES string of the molecule is Cc1cc(-n2c(C)cc(/C=N\N3C(=O)NC4(CCCCC4)C3=O)c2C)no1. The van der Waals surface area contributed by atoms with Gasteiger partial charge in [-0.1, -0.05) is 24.4 Å². The van der Waals surface area contributed by atoms with E-state index in [2.05, 4.69) is 15.6 Å². The monoisotopic (exact) mass is 369 g/mol. The minimum absolute atomic E-state index is 0.246.